The van der Waals surface area contributed by atoms with Gasteiger partial charge in [-0.25, -0.2) is 9.78 Å². The quantitative estimate of drug-likeness (QED) is 0.756. The van der Waals surface area contributed by atoms with Crippen LogP contribution in [-0.2, 0) is 0 Å². The summed E-state index contributed by atoms with van der Waals surface area (Å²) >= 11 is 0. The highest BCUT2D eigenvalue weighted by Crippen LogP contribution is 2.26. The Hall–Kier alpha value is -2.86. The number of hydrogen-bond acceptors (Lipinski definition) is 2. The first-order valence-electron chi connectivity index (χ1n) is 5.77. The van der Waals surface area contributed by atoms with E-state index in [-0.39, 0.29) is 5.69 Å². The van der Waals surface area contributed by atoms with Gasteiger partial charge in [-0.15, -0.1) is 0 Å². The second-order valence-electron chi connectivity index (χ2n) is 4.09. The minimum absolute atomic E-state index is 0.0415. The molecule has 1 aromatic heterocycles. The zero-order chi connectivity index (χ0) is 13.2. The summed E-state index contributed by atoms with van der Waals surface area (Å²) in [5.74, 6) is -1.03. The van der Waals surface area contributed by atoms with Crippen LogP contribution in [0.2, 0.25) is 0 Å². The summed E-state index contributed by atoms with van der Waals surface area (Å²) in [6.45, 7) is 0. The molecule has 3 rings (SSSR count). The van der Waals surface area contributed by atoms with Crippen LogP contribution in [0.5, 0.6) is 0 Å². The number of para-hydroxylation sites is 1. The van der Waals surface area contributed by atoms with Crippen LogP contribution in [0.3, 0.4) is 0 Å². The maximum atomic E-state index is 11.0. The molecule has 0 bridgehead atoms. The van der Waals surface area contributed by atoms with Crippen molar-refractivity contribution in [3.8, 4) is 11.1 Å². The molecule has 3 heteroatoms. The molecule has 0 radical (unpaired) electrons. The summed E-state index contributed by atoms with van der Waals surface area (Å²) in [6.07, 6.45) is 0. The van der Waals surface area contributed by atoms with Crippen molar-refractivity contribution in [3.05, 3.63) is 66.4 Å². The number of nitrogens with zero attached hydrogens (tertiary/aromatic N) is 1. The van der Waals surface area contributed by atoms with Gasteiger partial charge in [-0.05, 0) is 18.2 Å². The molecule has 2 aromatic carbocycles. The van der Waals surface area contributed by atoms with Crippen molar-refractivity contribution in [2.75, 3.05) is 0 Å². The lowest BCUT2D eigenvalue weighted by Gasteiger charge is -2.05. The smallest absolute Gasteiger partial charge is 0.354 e. The van der Waals surface area contributed by atoms with Crippen LogP contribution in [-0.4, -0.2) is 16.1 Å². The van der Waals surface area contributed by atoms with E-state index < -0.39 is 5.97 Å². The zero-order valence-corrected chi connectivity index (χ0v) is 9.92. The average Bonchev–Trinajstić information content (AvgIpc) is 2.47. The first kappa shape index (κ1) is 11.2. The van der Waals surface area contributed by atoms with Gasteiger partial charge in [0.1, 0.15) is 5.69 Å². The summed E-state index contributed by atoms with van der Waals surface area (Å²) in [6, 6.07) is 20.4. The Morgan fingerprint density at radius 3 is 2.74 bits per heavy atom. The van der Waals surface area contributed by atoms with Crippen LogP contribution in [0.1, 0.15) is 10.5 Å². The summed E-state index contributed by atoms with van der Waals surface area (Å²) in [5.41, 5.74) is 2.42. The fraction of sp³-hybridized carbons (Fsp3) is 0. The lowest BCUT2D eigenvalue weighted by molar-refractivity contribution is 0.0691. The first-order chi connectivity index (χ1) is 9.25. The number of aromatic nitrogens is 1. The van der Waals surface area contributed by atoms with E-state index in [2.05, 4.69) is 17.1 Å². The molecular weight excluding hydrogens is 238 g/mol. The number of pyridine rings is 1. The van der Waals surface area contributed by atoms with Crippen LogP contribution in [0.4, 0.5) is 0 Å². The van der Waals surface area contributed by atoms with Crippen LogP contribution in [0, 0.1) is 12.1 Å². The molecule has 19 heavy (non-hydrogen) atoms. The fourth-order valence-electron chi connectivity index (χ4n) is 1.99. The van der Waals surface area contributed by atoms with Gasteiger partial charge in [0.15, 0.2) is 0 Å². The molecular formula is C16H9NO2. The van der Waals surface area contributed by atoms with Crippen molar-refractivity contribution in [1.82, 2.24) is 4.98 Å². The van der Waals surface area contributed by atoms with E-state index in [1.54, 1.807) is 12.1 Å². The van der Waals surface area contributed by atoms with Gasteiger partial charge < -0.3 is 5.11 Å². The second kappa shape index (κ2) is 4.43. The number of carboxylic acids is 1. The molecule has 0 amide bonds. The third-order valence-corrected chi connectivity index (χ3v) is 2.88. The number of carboxylic acid groups (broad SMARTS) is 1. The van der Waals surface area contributed by atoms with E-state index in [1.165, 1.54) is 6.07 Å². The highest BCUT2D eigenvalue weighted by Gasteiger charge is 2.09. The molecule has 3 nitrogen and oxygen atoms in total. The van der Waals surface area contributed by atoms with E-state index >= 15 is 0 Å². The molecule has 0 saturated carbocycles. The van der Waals surface area contributed by atoms with Gasteiger partial charge in [0.2, 0.25) is 0 Å². The largest absolute Gasteiger partial charge is 0.477 e. The van der Waals surface area contributed by atoms with Crippen molar-refractivity contribution in [2.45, 2.75) is 0 Å². The Balaban J connectivity index is 2.30. The van der Waals surface area contributed by atoms with Crippen LogP contribution >= 0.6 is 0 Å². The maximum Gasteiger partial charge on any atom is 0.354 e. The molecule has 0 unspecified atom stereocenters. The summed E-state index contributed by atoms with van der Waals surface area (Å²) in [5, 5.41) is 9.93. The van der Waals surface area contributed by atoms with Crippen molar-refractivity contribution >= 4 is 16.9 Å². The van der Waals surface area contributed by atoms with Gasteiger partial charge >= 0.3 is 5.97 Å². The number of benzene rings is 1. The van der Waals surface area contributed by atoms with E-state index in [4.69, 9.17) is 5.11 Å². The van der Waals surface area contributed by atoms with Crippen molar-refractivity contribution < 1.29 is 9.90 Å². The highest BCUT2D eigenvalue weighted by atomic mass is 16.4. The molecule has 0 aliphatic carbocycles. The normalized spacial score (nSPS) is 10.1. The van der Waals surface area contributed by atoms with Gasteiger partial charge in [-0.2, -0.15) is 0 Å². The highest BCUT2D eigenvalue weighted by molar-refractivity contribution is 5.96. The van der Waals surface area contributed by atoms with Gasteiger partial charge in [-0.1, -0.05) is 42.5 Å². The molecule has 0 aliphatic heterocycles. The first-order valence-corrected chi connectivity index (χ1v) is 5.77. The second-order valence-corrected chi connectivity index (χ2v) is 4.09. The molecule has 0 saturated heterocycles. The lowest BCUT2D eigenvalue weighted by Crippen LogP contribution is -2.00. The number of aromatic carboxylic acids is 1. The standard InChI is InChI=1S/C16H9NO2/c18-16(19)14-10-9-12-7-4-8-13(15(12)17-14)11-5-2-1-3-6-11/h1-2,4-5,7-10H,(H,18,19). The predicted octanol–water partition coefficient (Wildman–Crippen LogP) is 3.20. The monoisotopic (exact) mass is 247 g/mol. The van der Waals surface area contributed by atoms with E-state index in [0.717, 1.165) is 16.5 Å². The molecule has 0 spiro atoms. The Bertz CT molecular complexity index is 751. The Kier molecular flexibility index (Phi) is 2.62. The number of carbonyl (C=O) groups is 1. The fourth-order valence-corrected chi connectivity index (χ4v) is 1.99. The Morgan fingerprint density at radius 1 is 1.11 bits per heavy atom. The molecule has 0 aliphatic rings. The minimum atomic E-state index is -1.03. The molecule has 3 aromatic rings. The third kappa shape index (κ3) is 2.00. The lowest BCUT2D eigenvalue weighted by atomic mass is 10.0. The number of rotatable bonds is 2. The van der Waals surface area contributed by atoms with E-state index in [0.29, 0.717) is 5.52 Å². The molecule has 90 valence electrons. The minimum Gasteiger partial charge on any atom is -0.477 e. The van der Waals surface area contributed by atoms with Crippen LogP contribution < -0.4 is 0 Å². The SMILES string of the molecule is O=C(O)c1ccc2cccc(-c3c#cccc3)c2n1. The Morgan fingerprint density at radius 2 is 2.00 bits per heavy atom. The van der Waals surface area contributed by atoms with Crippen LogP contribution in [0.15, 0.2) is 48.5 Å². The Labute approximate surface area is 110 Å². The van der Waals surface area contributed by atoms with Gasteiger partial charge in [0, 0.05) is 16.5 Å². The van der Waals surface area contributed by atoms with E-state index in [1.807, 2.05) is 30.3 Å². The van der Waals surface area contributed by atoms with Crippen molar-refractivity contribution in [2.24, 2.45) is 0 Å². The van der Waals surface area contributed by atoms with E-state index in [9.17, 15) is 4.79 Å². The molecule has 0 atom stereocenters. The maximum absolute atomic E-state index is 11.0. The summed E-state index contributed by atoms with van der Waals surface area (Å²) in [4.78, 5) is 15.2. The van der Waals surface area contributed by atoms with Crippen molar-refractivity contribution in [3.63, 3.8) is 0 Å². The summed E-state index contributed by atoms with van der Waals surface area (Å²) < 4.78 is 0. The molecule has 1 heterocycles. The van der Waals surface area contributed by atoms with Gasteiger partial charge in [-0.3, -0.25) is 0 Å². The summed E-state index contributed by atoms with van der Waals surface area (Å²) in [7, 11) is 0. The number of fused-ring (bicyclic) bond motifs is 1. The third-order valence-electron chi connectivity index (χ3n) is 2.88. The zero-order valence-electron chi connectivity index (χ0n) is 9.92. The van der Waals surface area contributed by atoms with Gasteiger partial charge in [0.05, 0.1) is 5.52 Å². The average molecular weight is 247 g/mol. The van der Waals surface area contributed by atoms with Crippen LogP contribution in [0.25, 0.3) is 22.0 Å². The predicted molar refractivity (Wildman–Crippen MR) is 71.8 cm³/mol. The van der Waals surface area contributed by atoms with Crippen molar-refractivity contribution in [1.29, 1.82) is 0 Å². The topological polar surface area (TPSA) is 50.2 Å². The number of hydrogen-bond donors (Lipinski definition) is 1. The molecule has 1 N–H and O–H groups in total. The van der Waals surface area contributed by atoms with Gasteiger partial charge in [0.25, 0.3) is 0 Å². The molecule has 0 fully saturated rings.